The molecule has 12 heavy (non-hydrogen) atoms. The summed E-state index contributed by atoms with van der Waals surface area (Å²) in [7, 11) is 0. The summed E-state index contributed by atoms with van der Waals surface area (Å²) in [6, 6.07) is 0. The molecule has 0 N–H and O–H groups in total. The molecule has 0 aromatic rings. The highest BCUT2D eigenvalue weighted by atomic mass is 14.8. The van der Waals surface area contributed by atoms with Crippen molar-refractivity contribution in [3.05, 3.63) is 24.3 Å². The third-order valence-electron chi connectivity index (χ3n) is 5.41. The Bertz CT molecular complexity index is 338. The van der Waals surface area contributed by atoms with E-state index in [9.17, 15) is 0 Å². The van der Waals surface area contributed by atoms with Crippen LogP contribution in [0.1, 0.15) is 0 Å². The van der Waals surface area contributed by atoms with Gasteiger partial charge in [-0.2, -0.15) is 0 Å². The van der Waals surface area contributed by atoms with E-state index in [-0.39, 0.29) is 0 Å². The van der Waals surface area contributed by atoms with Crippen LogP contribution in [0.2, 0.25) is 0 Å². The average Bonchev–Trinajstić information content (AvgIpc) is 2.46. The number of allylic oxidation sites excluding steroid dienone is 4. The summed E-state index contributed by atoms with van der Waals surface area (Å²) in [5.74, 6) is 8.50. The van der Waals surface area contributed by atoms with E-state index < -0.39 is 0 Å². The fourth-order valence-electron chi connectivity index (χ4n) is 5.26. The molecule has 0 atom stereocenters. The van der Waals surface area contributed by atoms with E-state index in [4.69, 9.17) is 0 Å². The summed E-state index contributed by atoms with van der Waals surface area (Å²) in [6.45, 7) is 0. The maximum Gasteiger partial charge on any atom is -0.0130 e. The molecule has 0 aromatic carbocycles. The van der Waals surface area contributed by atoms with Crippen LogP contribution < -0.4 is 0 Å². The van der Waals surface area contributed by atoms with Crippen molar-refractivity contribution in [1.29, 1.82) is 0 Å². The Morgan fingerprint density at radius 2 is 0.833 bits per heavy atom. The van der Waals surface area contributed by atoms with E-state index in [0.29, 0.717) is 0 Å². The van der Waals surface area contributed by atoms with Gasteiger partial charge in [0.15, 0.2) is 0 Å². The summed E-state index contributed by atoms with van der Waals surface area (Å²) in [5.41, 5.74) is 0. The average molecular weight is 156 g/mol. The molecule has 0 unspecified atom stereocenters. The first kappa shape index (κ1) is 5.26. The number of hydrogen-bond acceptors (Lipinski definition) is 0. The van der Waals surface area contributed by atoms with Gasteiger partial charge in [-0.3, -0.25) is 0 Å². The van der Waals surface area contributed by atoms with Crippen LogP contribution in [0, 0.1) is 47.3 Å². The number of fused-ring (bicyclic) bond motifs is 2. The first-order chi connectivity index (χ1) is 5.97. The highest BCUT2D eigenvalue weighted by Crippen LogP contribution is 2.79. The molecule has 0 amide bonds. The first-order valence-electron chi connectivity index (χ1n) is 5.33. The van der Waals surface area contributed by atoms with Gasteiger partial charge in [0.25, 0.3) is 0 Å². The second-order valence-electron chi connectivity index (χ2n) is 5.39. The Balaban J connectivity index is 1.88. The Morgan fingerprint density at radius 1 is 0.417 bits per heavy atom. The summed E-state index contributed by atoms with van der Waals surface area (Å²) in [4.78, 5) is 0. The Morgan fingerprint density at radius 3 is 1.42 bits per heavy atom. The molecule has 0 spiro atoms. The van der Waals surface area contributed by atoms with Crippen molar-refractivity contribution in [3.63, 3.8) is 0 Å². The van der Waals surface area contributed by atoms with Gasteiger partial charge in [-0.1, -0.05) is 24.3 Å². The summed E-state index contributed by atoms with van der Waals surface area (Å²) in [5, 5.41) is 0. The predicted molar refractivity (Wildman–Crippen MR) is 46.2 cm³/mol. The van der Waals surface area contributed by atoms with E-state index >= 15 is 0 Å². The molecule has 60 valence electrons. The van der Waals surface area contributed by atoms with Gasteiger partial charge in [0.1, 0.15) is 0 Å². The third kappa shape index (κ3) is 0.302. The van der Waals surface area contributed by atoms with Crippen LogP contribution in [0.5, 0.6) is 0 Å². The zero-order chi connectivity index (χ0) is 7.45. The molecule has 5 aliphatic carbocycles. The van der Waals surface area contributed by atoms with Gasteiger partial charge in [-0.15, -0.1) is 0 Å². The molecular formula is C12H12. The number of rotatable bonds is 0. The quantitative estimate of drug-likeness (QED) is 0.471. The SMILES string of the molecule is C1=CC2C3C1C1C=CC4C3C4C12. The minimum absolute atomic E-state index is 0.977. The molecule has 3 fully saturated rings. The topological polar surface area (TPSA) is 0 Å². The van der Waals surface area contributed by atoms with Crippen LogP contribution in [0.3, 0.4) is 0 Å². The van der Waals surface area contributed by atoms with Crippen molar-refractivity contribution < 1.29 is 0 Å². The minimum atomic E-state index is 0.977. The van der Waals surface area contributed by atoms with Crippen molar-refractivity contribution in [2.75, 3.05) is 0 Å². The molecule has 5 rings (SSSR count). The lowest BCUT2D eigenvalue weighted by Crippen LogP contribution is -2.23. The molecule has 0 nitrogen and oxygen atoms in total. The van der Waals surface area contributed by atoms with Crippen LogP contribution in [-0.4, -0.2) is 0 Å². The van der Waals surface area contributed by atoms with E-state index in [2.05, 4.69) is 24.3 Å². The summed E-state index contributed by atoms with van der Waals surface area (Å²) < 4.78 is 0. The molecule has 0 heterocycles. The monoisotopic (exact) mass is 156 g/mol. The zero-order valence-corrected chi connectivity index (χ0v) is 6.93. The van der Waals surface area contributed by atoms with Crippen molar-refractivity contribution in [1.82, 2.24) is 0 Å². The maximum atomic E-state index is 2.56. The van der Waals surface area contributed by atoms with Gasteiger partial charge in [0.05, 0.1) is 0 Å². The molecular weight excluding hydrogens is 144 g/mol. The van der Waals surface area contributed by atoms with E-state index in [1.165, 1.54) is 0 Å². The van der Waals surface area contributed by atoms with Crippen molar-refractivity contribution in [2.45, 2.75) is 0 Å². The van der Waals surface area contributed by atoms with Gasteiger partial charge in [-0.25, -0.2) is 0 Å². The van der Waals surface area contributed by atoms with Gasteiger partial charge >= 0.3 is 0 Å². The molecule has 5 aliphatic rings. The van der Waals surface area contributed by atoms with E-state index in [1.54, 1.807) is 0 Å². The molecule has 3 saturated carbocycles. The van der Waals surface area contributed by atoms with E-state index in [0.717, 1.165) is 47.3 Å². The molecule has 4 bridgehead atoms. The van der Waals surface area contributed by atoms with Crippen LogP contribution in [0.25, 0.3) is 0 Å². The van der Waals surface area contributed by atoms with E-state index in [1.807, 2.05) is 0 Å². The largest absolute Gasteiger partial charge is 0.0845 e. The summed E-state index contributed by atoms with van der Waals surface area (Å²) in [6.07, 6.45) is 10.2. The lowest BCUT2D eigenvalue weighted by atomic mass is 9.76. The Hall–Kier alpha value is -0.520. The van der Waals surface area contributed by atoms with Gasteiger partial charge < -0.3 is 0 Å². The molecule has 0 heteroatoms. The Labute approximate surface area is 72.3 Å². The fourth-order valence-corrected chi connectivity index (χ4v) is 5.26. The van der Waals surface area contributed by atoms with Crippen LogP contribution in [0.4, 0.5) is 0 Å². The van der Waals surface area contributed by atoms with Crippen molar-refractivity contribution in [3.8, 4) is 0 Å². The van der Waals surface area contributed by atoms with Gasteiger partial charge in [0.2, 0.25) is 0 Å². The fraction of sp³-hybridized carbons (Fsp3) is 0.667. The van der Waals surface area contributed by atoms with Crippen LogP contribution in [0.15, 0.2) is 24.3 Å². The smallest absolute Gasteiger partial charge is 0.0130 e. The van der Waals surface area contributed by atoms with Gasteiger partial charge in [0, 0.05) is 0 Å². The second kappa shape index (κ2) is 1.25. The standard InChI is InChI=1S/C12H12/c1-3-7-9-5(1)6-2-4-8-11(9)12(8)10(6)7/h1-12H. The zero-order valence-electron chi connectivity index (χ0n) is 6.93. The van der Waals surface area contributed by atoms with Crippen LogP contribution in [-0.2, 0) is 0 Å². The second-order valence-corrected chi connectivity index (χ2v) is 5.39. The maximum absolute atomic E-state index is 2.56. The Kier molecular flexibility index (Phi) is 0.547. The lowest BCUT2D eigenvalue weighted by molar-refractivity contribution is 0.295. The normalized spacial score (nSPS) is 77.3. The predicted octanol–water partition coefficient (Wildman–Crippen LogP) is 2.10. The summed E-state index contributed by atoms with van der Waals surface area (Å²) >= 11 is 0. The molecule has 0 radical (unpaired) electrons. The molecule has 0 aliphatic heterocycles. The van der Waals surface area contributed by atoms with Crippen molar-refractivity contribution >= 4 is 0 Å². The molecule has 0 aromatic heterocycles. The first-order valence-corrected chi connectivity index (χ1v) is 5.33. The minimum Gasteiger partial charge on any atom is -0.0845 e. The van der Waals surface area contributed by atoms with Gasteiger partial charge in [-0.05, 0) is 47.3 Å². The lowest BCUT2D eigenvalue weighted by Gasteiger charge is -2.28. The highest BCUT2D eigenvalue weighted by molar-refractivity contribution is 5.38. The van der Waals surface area contributed by atoms with Crippen LogP contribution >= 0.6 is 0 Å². The molecule has 0 saturated heterocycles. The van der Waals surface area contributed by atoms with Crippen molar-refractivity contribution in [2.24, 2.45) is 47.3 Å². The third-order valence-corrected chi connectivity index (χ3v) is 5.41. The highest BCUT2D eigenvalue weighted by Gasteiger charge is 2.75. The number of hydrogen-bond donors (Lipinski definition) is 0.